The topological polar surface area (TPSA) is 49.7 Å². The van der Waals surface area contributed by atoms with Crippen molar-refractivity contribution in [3.63, 3.8) is 0 Å². The van der Waals surface area contributed by atoms with Crippen molar-refractivity contribution in [2.75, 3.05) is 0 Å². The predicted molar refractivity (Wildman–Crippen MR) is 96.2 cm³/mol. The van der Waals surface area contributed by atoms with Crippen LogP contribution in [0.25, 0.3) is 6.08 Å². The number of aromatic hydroxyl groups is 1. The largest absolute Gasteiger partial charge is 0.507 e. The van der Waals surface area contributed by atoms with Gasteiger partial charge in [-0.25, -0.2) is 0 Å². The molecule has 1 aliphatic rings. The molecular weight excluding hydrogens is 287 g/mol. The van der Waals surface area contributed by atoms with Crippen molar-refractivity contribution in [2.24, 2.45) is 0 Å². The van der Waals surface area contributed by atoms with Crippen LogP contribution in [0.4, 0.5) is 0 Å². The molecule has 1 atom stereocenters. The van der Waals surface area contributed by atoms with E-state index in [9.17, 15) is 10.1 Å². The van der Waals surface area contributed by atoms with Crippen molar-refractivity contribution in [1.29, 1.82) is 0 Å². The lowest BCUT2D eigenvalue weighted by Gasteiger charge is -2.28. The molecule has 1 aromatic rings. The molecule has 1 heterocycles. The van der Waals surface area contributed by atoms with Crippen molar-refractivity contribution in [1.82, 2.24) is 0 Å². The van der Waals surface area contributed by atoms with E-state index in [1.165, 1.54) is 0 Å². The Labute approximate surface area is 139 Å². The molecule has 2 rings (SSSR count). The Morgan fingerprint density at radius 1 is 1.43 bits per heavy atom. The van der Waals surface area contributed by atoms with Crippen LogP contribution in [0.2, 0.25) is 6.32 Å². The molecule has 1 aliphatic heterocycles. The number of hydrogen-bond acceptors (Lipinski definition) is 3. The fourth-order valence-corrected chi connectivity index (χ4v) is 2.78. The van der Waals surface area contributed by atoms with Crippen LogP contribution >= 0.6 is 0 Å². The molecule has 0 radical (unpaired) electrons. The standard InChI is InChI=1S/C19H25BO3/c1-4-15(3)17-11-12-20(22)23-19(17)10-9-14(2)13-16-7-5-6-8-18(16)21/h5-8,11,13,19,21-22H,3-4,9-10,12H2,1-2H3/b14-13+. The normalized spacial score (nSPS) is 18.7. The average Bonchev–Trinajstić information content (AvgIpc) is 2.54. The van der Waals surface area contributed by atoms with E-state index in [4.69, 9.17) is 4.65 Å². The molecule has 122 valence electrons. The number of hydrogen-bond donors (Lipinski definition) is 2. The molecule has 0 aliphatic carbocycles. The summed E-state index contributed by atoms with van der Waals surface area (Å²) in [6, 6.07) is 7.30. The van der Waals surface area contributed by atoms with Crippen molar-refractivity contribution >= 4 is 13.2 Å². The first kappa shape index (κ1) is 17.6. The first-order valence-electron chi connectivity index (χ1n) is 8.18. The minimum Gasteiger partial charge on any atom is -0.507 e. The van der Waals surface area contributed by atoms with Gasteiger partial charge in [0.2, 0.25) is 0 Å². The third-order valence-corrected chi connectivity index (χ3v) is 4.18. The van der Waals surface area contributed by atoms with Crippen LogP contribution in [-0.2, 0) is 4.65 Å². The maximum absolute atomic E-state index is 9.83. The molecule has 4 heteroatoms. The monoisotopic (exact) mass is 312 g/mol. The summed E-state index contributed by atoms with van der Waals surface area (Å²) in [4.78, 5) is 0. The number of benzene rings is 1. The van der Waals surface area contributed by atoms with E-state index in [2.05, 4.69) is 13.5 Å². The second-order valence-electron chi connectivity index (χ2n) is 6.02. The second kappa shape index (κ2) is 8.18. The van der Waals surface area contributed by atoms with Gasteiger partial charge in [-0.05, 0) is 37.8 Å². The molecule has 0 amide bonds. The molecule has 0 spiro atoms. The summed E-state index contributed by atoms with van der Waals surface area (Å²) >= 11 is 0. The van der Waals surface area contributed by atoms with E-state index in [1.807, 2.05) is 37.3 Å². The van der Waals surface area contributed by atoms with Crippen molar-refractivity contribution in [2.45, 2.75) is 45.5 Å². The summed E-state index contributed by atoms with van der Waals surface area (Å²) in [6.07, 6.45) is 6.96. The quantitative estimate of drug-likeness (QED) is 0.768. The van der Waals surface area contributed by atoms with Crippen molar-refractivity contribution in [3.05, 3.63) is 59.2 Å². The molecule has 0 bridgehead atoms. The van der Waals surface area contributed by atoms with E-state index in [0.29, 0.717) is 6.32 Å². The average molecular weight is 312 g/mol. The molecule has 0 aromatic heterocycles. The summed E-state index contributed by atoms with van der Waals surface area (Å²) in [5, 5.41) is 19.6. The van der Waals surface area contributed by atoms with Gasteiger partial charge in [0.25, 0.3) is 0 Å². The van der Waals surface area contributed by atoms with Crippen LogP contribution < -0.4 is 0 Å². The lowest BCUT2D eigenvalue weighted by atomic mass is 9.77. The molecular formula is C19H25BO3. The van der Waals surface area contributed by atoms with E-state index in [-0.39, 0.29) is 11.9 Å². The van der Waals surface area contributed by atoms with Gasteiger partial charge >= 0.3 is 7.12 Å². The molecule has 1 unspecified atom stereocenters. The minimum atomic E-state index is -0.726. The summed E-state index contributed by atoms with van der Waals surface area (Å²) in [5.41, 5.74) is 4.18. The van der Waals surface area contributed by atoms with Crippen LogP contribution in [0.3, 0.4) is 0 Å². The third-order valence-electron chi connectivity index (χ3n) is 4.18. The van der Waals surface area contributed by atoms with Crippen LogP contribution in [0.1, 0.15) is 38.7 Å². The van der Waals surface area contributed by atoms with Gasteiger partial charge in [-0.1, -0.05) is 55.0 Å². The zero-order chi connectivity index (χ0) is 16.8. The molecule has 0 saturated carbocycles. The van der Waals surface area contributed by atoms with E-state index < -0.39 is 7.12 Å². The number of para-hydroxylation sites is 1. The molecule has 23 heavy (non-hydrogen) atoms. The Hall–Kier alpha value is -1.78. The lowest BCUT2D eigenvalue weighted by Crippen LogP contribution is -2.31. The zero-order valence-electron chi connectivity index (χ0n) is 14.0. The molecule has 2 N–H and O–H groups in total. The summed E-state index contributed by atoms with van der Waals surface area (Å²) in [7, 11) is -0.726. The highest BCUT2D eigenvalue weighted by molar-refractivity contribution is 6.43. The van der Waals surface area contributed by atoms with Gasteiger partial charge in [0.1, 0.15) is 5.75 Å². The molecule has 3 nitrogen and oxygen atoms in total. The highest BCUT2D eigenvalue weighted by Crippen LogP contribution is 2.29. The van der Waals surface area contributed by atoms with Crippen molar-refractivity contribution < 1.29 is 14.8 Å². The smallest absolute Gasteiger partial charge is 0.458 e. The second-order valence-corrected chi connectivity index (χ2v) is 6.02. The Kier molecular flexibility index (Phi) is 6.25. The highest BCUT2D eigenvalue weighted by Gasteiger charge is 2.27. The predicted octanol–water partition coefficient (Wildman–Crippen LogP) is 4.35. The maximum Gasteiger partial charge on any atom is 0.458 e. The van der Waals surface area contributed by atoms with E-state index in [1.54, 1.807) is 6.07 Å². The summed E-state index contributed by atoms with van der Waals surface area (Å²) < 4.78 is 5.70. The molecule has 0 saturated heterocycles. The Morgan fingerprint density at radius 2 is 2.17 bits per heavy atom. The van der Waals surface area contributed by atoms with Crippen LogP contribution in [-0.4, -0.2) is 23.4 Å². The number of phenols is 1. The van der Waals surface area contributed by atoms with Crippen LogP contribution in [0, 0.1) is 0 Å². The molecule has 0 fully saturated rings. The van der Waals surface area contributed by atoms with Gasteiger partial charge < -0.3 is 14.8 Å². The van der Waals surface area contributed by atoms with Crippen LogP contribution in [0.15, 0.2) is 53.6 Å². The van der Waals surface area contributed by atoms with Gasteiger partial charge in [0.05, 0.1) is 6.10 Å². The van der Waals surface area contributed by atoms with Gasteiger partial charge in [-0.2, -0.15) is 0 Å². The Morgan fingerprint density at radius 3 is 2.87 bits per heavy atom. The van der Waals surface area contributed by atoms with Gasteiger partial charge in [-0.3, -0.25) is 0 Å². The first-order chi connectivity index (χ1) is 11.0. The number of phenolic OH excluding ortho intramolecular Hbond substituents is 1. The SMILES string of the molecule is C=C(CC)C1=CCB(O)OC1CC/C(C)=C/c1ccccc1O. The van der Waals surface area contributed by atoms with E-state index in [0.717, 1.165) is 41.5 Å². The lowest BCUT2D eigenvalue weighted by molar-refractivity contribution is 0.183. The maximum atomic E-state index is 9.83. The molecule has 1 aromatic carbocycles. The number of rotatable bonds is 6. The van der Waals surface area contributed by atoms with Gasteiger partial charge in [-0.15, -0.1) is 0 Å². The summed E-state index contributed by atoms with van der Waals surface area (Å²) in [5.74, 6) is 0.288. The zero-order valence-corrected chi connectivity index (χ0v) is 14.0. The van der Waals surface area contributed by atoms with Gasteiger partial charge in [0, 0.05) is 11.9 Å². The summed E-state index contributed by atoms with van der Waals surface area (Å²) in [6.45, 7) is 8.22. The highest BCUT2D eigenvalue weighted by atomic mass is 16.5. The Bertz CT molecular complexity index is 619. The fourth-order valence-electron chi connectivity index (χ4n) is 2.78. The van der Waals surface area contributed by atoms with Crippen LogP contribution in [0.5, 0.6) is 5.75 Å². The number of allylic oxidation sites excluding steroid dienone is 2. The minimum absolute atomic E-state index is 0.112. The van der Waals surface area contributed by atoms with Crippen molar-refractivity contribution in [3.8, 4) is 5.75 Å². The van der Waals surface area contributed by atoms with Gasteiger partial charge in [0.15, 0.2) is 0 Å². The third kappa shape index (κ3) is 4.85. The Balaban J connectivity index is 2.03. The first-order valence-corrected chi connectivity index (χ1v) is 8.18. The van der Waals surface area contributed by atoms with E-state index >= 15 is 0 Å². The fraction of sp³-hybridized carbons (Fsp3) is 0.368.